The third-order valence-electron chi connectivity index (χ3n) is 5.28. The number of aromatic amines is 1. The Kier molecular flexibility index (Phi) is 6.45. The van der Waals surface area contributed by atoms with Gasteiger partial charge in [-0.1, -0.05) is 0 Å². The number of ether oxygens (including phenoxy) is 1. The maximum atomic E-state index is 14.5. The number of hydrogen-bond donors (Lipinski definition) is 2. The lowest BCUT2D eigenvalue weighted by Crippen LogP contribution is -2.41. The highest BCUT2D eigenvalue weighted by Crippen LogP contribution is 2.28. The molecule has 0 spiro atoms. The standard InChI is InChI=1S/C23H21F3N4O3/c1-13-12-30(6-7-33-13)20-5-2-14(10-27-20)16-8-15(3-4-19(16)24)29-23(32)18-11-28-21(31)9-17(18)22(25)26/h2-5,8-11,13,22H,6-7,12H2,1H3,(H,28,31)(H,29,32)/t13-/m1/s1. The molecule has 0 aliphatic carbocycles. The molecule has 0 bridgehead atoms. The highest BCUT2D eigenvalue weighted by molar-refractivity contribution is 6.05. The van der Waals surface area contributed by atoms with Crippen LogP contribution in [0.4, 0.5) is 24.7 Å². The van der Waals surface area contributed by atoms with Crippen LogP contribution in [-0.4, -0.2) is 41.7 Å². The van der Waals surface area contributed by atoms with Gasteiger partial charge in [-0.2, -0.15) is 0 Å². The molecule has 1 atom stereocenters. The molecule has 3 aromatic rings. The van der Waals surface area contributed by atoms with E-state index < -0.39 is 29.3 Å². The number of anilines is 2. The number of H-pyrrole nitrogens is 1. The summed E-state index contributed by atoms with van der Waals surface area (Å²) in [6, 6.07) is 8.08. The quantitative estimate of drug-likeness (QED) is 0.604. The number of alkyl halides is 2. The average molecular weight is 458 g/mol. The second kappa shape index (κ2) is 9.45. The Morgan fingerprint density at radius 2 is 2.09 bits per heavy atom. The molecule has 1 aliphatic rings. The predicted octanol–water partition coefficient (Wildman–Crippen LogP) is 3.99. The molecular weight excluding hydrogens is 437 g/mol. The van der Waals surface area contributed by atoms with Crippen LogP contribution < -0.4 is 15.8 Å². The van der Waals surface area contributed by atoms with Crippen LogP contribution >= 0.6 is 0 Å². The van der Waals surface area contributed by atoms with Crippen LogP contribution in [0.1, 0.15) is 29.3 Å². The monoisotopic (exact) mass is 458 g/mol. The number of pyridine rings is 2. The average Bonchev–Trinajstić information content (AvgIpc) is 2.80. The molecule has 2 N–H and O–H groups in total. The number of nitrogens with one attached hydrogen (secondary N) is 2. The minimum atomic E-state index is -3.00. The summed E-state index contributed by atoms with van der Waals surface area (Å²) < 4.78 is 46.5. The van der Waals surface area contributed by atoms with E-state index in [1.54, 1.807) is 12.1 Å². The number of carbonyl (C=O) groups excluding carboxylic acids is 1. The number of carbonyl (C=O) groups is 1. The molecule has 7 nitrogen and oxygen atoms in total. The molecule has 3 heterocycles. The maximum absolute atomic E-state index is 14.5. The van der Waals surface area contributed by atoms with Crippen LogP contribution in [0.2, 0.25) is 0 Å². The molecule has 1 fully saturated rings. The Morgan fingerprint density at radius 1 is 1.27 bits per heavy atom. The second-order valence-corrected chi connectivity index (χ2v) is 7.65. The van der Waals surface area contributed by atoms with Crippen LogP contribution in [0.25, 0.3) is 11.1 Å². The molecule has 172 valence electrons. The minimum absolute atomic E-state index is 0.0889. The Balaban J connectivity index is 1.56. The van der Waals surface area contributed by atoms with Crippen molar-refractivity contribution in [2.24, 2.45) is 0 Å². The van der Waals surface area contributed by atoms with E-state index >= 15 is 0 Å². The topological polar surface area (TPSA) is 87.3 Å². The summed E-state index contributed by atoms with van der Waals surface area (Å²) in [7, 11) is 0. The highest BCUT2D eigenvalue weighted by Gasteiger charge is 2.20. The molecule has 1 amide bonds. The summed E-state index contributed by atoms with van der Waals surface area (Å²) in [5, 5.41) is 2.47. The van der Waals surface area contributed by atoms with Crippen molar-refractivity contribution in [3.05, 3.63) is 76.1 Å². The summed E-state index contributed by atoms with van der Waals surface area (Å²) in [6.07, 6.45) is -0.448. The van der Waals surface area contributed by atoms with E-state index in [1.807, 2.05) is 6.92 Å². The van der Waals surface area contributed by atoms with E-state index in [4.69, 9.17) is 4.74 Å². The Hall–Kier alpha value is -3.66. The van der Waals surface area contributed by atoms with E-state index in [9.17, 15) is 22.8 Å². The van der Waals surface area contributed by atoms with Gasteiger partial charge in [0.25, 0.3) is 12.3 Å². The van der Waals surface area contributed by atoms with Crippen molar-refractivity contribution in [1.29, 1.82) is 0 Å². The summed E-state index contributed by atoms with van der Waals surface area (Å²) in [5.74, 6) is -0.634. The van der Waals surface area contributed by atoms with E-state index in [2.05, 4.69) is 20.2 Å². The zero-order valence-electron chi connectivity index (χ0n) is 17.6. The van der Waals surface area contributed by atoms with E-state index in [-0.39, 0.29) is 22.9 Å². The van der Waals surface area contributed by atoms with Crippen molar-refractivity contribution >= 4 is 17.4 Å². The number of halogens is 3. The molecule has 1 aliphatic heterocycles. The first kappa shape index (κ1) is 22.5. The first-order valence-electron chi connectivity index (χ1n) is 10.3. The van der Waals surface area contributed by atoms with Crippen LogP contribution in [0.5, 0.6) is 0 Å². The summed E-state index contributed by atoms with van der Waals surface area (Å²) in [5.41, 5.74) is -0.914. The Labute approximate surface area is 187 Å². The van der Waals surface area contributed by atoms with Gasteiger partial charge < -0.3 is 19.9 Å². The SMILES string of the molecule is C[C@@H]1CN(c2ccc(-c3cc(NC(=O)c4c[nH]c(=O)cc4C(F)F)ccc3F)cn2)CCO1. The number of amides is 1. The second-order valence-electron chi connectivity index (χ2n) is 7.65. The molecule has 0 saturated carbocycles. The van der Waals surface area contributed by atoms with Crippen molar-refractivity contribution in [3.63, 3.8) is 0 Å². The van der Waals surface area contributed by atoms with Crippen LogP contribution in [-0.2, 0) is 4.74 Å². The summed E-state index contributed by atoms with van der Waals surface area (Å²) in [6.45, 7) is 3.99. The number of aromatic nitrogens is 2. The summed E-state index contributed by atoms with van der Waals surface area (Å²) >= 11 is 0. The van der Waals surface area contributed by atoms with Crippen molar-refractivity contribution in [1.82, 2.24) is 9.97 Å². The van der Waals surface area contributed by atoms with Gasteiger partial charge >= 0.3 is 0 Å². The number of rotatable bonds is 5. The van der Waals surface area contributed by atoms with E-state index in [0.717, 1.165) is 12.0 Å². The normalized spacial score (nSPS) is 16.2. The van der Waals surface area contributed by atoms with Gasteiger partial charge in [0.2, 0.25) is 5.56 Å². The first-order chi connectivity index (χ1) is 15.8. The molecular formula is C23H21F3N4O3. The van der Waals surface area contributed by atoms with Crippen molar-refractivity contribution < 1.29 is 22.7 Å². The fourth-order valence-corrected chi connectivity index (χ4v) is 3.65. The van der Waals surface area contributed by atoms with Crippen molar-refractivity contribution in [3.8, 4) is 11.1 Å². The first-order valence-corrected chi connectivity index (χ1v) is 10.3. The van der Waals surface area contributed by atoms with Crippen LogP contribution in [0, 0.1) is 5.82 Å². The molecule has 1 saturated heterocycles. The third kappa shape index (κ3) is 5.06. The van der Waals surface area contributed by atoms with Gasteiger partial charge in [0.1, 0.15) is 11.6 Å². The molecule has 0 unspecified atom stereocenters. The minimum Gasteiger partial charge on any atom is -0.375 e. The third-order valence-corrected chi connectivity index (χ3v) is 5.28. The molecule has 33 heavy (non-hydrogen) atoms. The number of morpholine rings is 1. The van der Waals surface area contributed by atoms with Gasteiger partial charge in [0.15, 0.2) is 0 Å². The van der Waals surface area contributed by atoms with E-state index in [1.165, 1.54) is 24.4 Å². The lowest BCUT2D eigenvalue weighted by molar-refractivity contribution is 0.0529. The van der Waals surface area contributed by atoms with Gasteiger partial charge in [0.05, 0.1) is 18.3 Å². The van der Waals surface area contributed by atoms with Gasteiger partial charge in [-0.05, 0) is 37.3 Å². The lowest BCUT2D eigenvalue weighted by atomic mass is 10.1. The fourth-order valence-electron chi connectivity index (χ4n) is 3.65. The van der Waals surface area contributed by atoms with Crippen LogP contribution in [0.15, 0.2) is 53.6 Å². The van der Waals surface area contributed by atoms with Gasteiger partial charge in [-0.15, -0.1) is 0 Å². The lowest BCUT2D eigenvalue weighted by Gasteiger charge is -2.32. The number of hydrogen-bond acceptors (Lipinski definition) is 5. The zero-order valence-corrected chi connectivity index (χ0v) is 17.6. The predicted molar refractivity (Wildman–Crippen MR) is 117 cm³/mol. The van der Waals surface area contributed by atoms with E-state index in [0.29, 0.717) is 31.3 Å². The fraction of sp³-hybridized carbons (Fsp3) is 0.261. The van der Waals surface area contributed by atoms with Gasteiger partial charge in [-0.3, -0.25) is 9.59 Å². The highest BCUT2D eigenvalue weighted by atomic mass is 19.3. The smallest absolute Gasteiger partial charge is 0.264 e. The number of nitrogens with zero attached hydrogens (tertiary/aromatic N) is 2. The van der Waals surface area contributed by atoms with Crippen molar-refractivity contribution in [2.75, 3.05) is 29.9 Å². The molecule has 2 aromatic heterocycles. The summed E-state index contributed by atoms with van der Waals surface area (Å²) in [4.78, 5) is 32.6. The number of benzene rings is 1. The van der Waals surface area contributed by atoms with Crippen LogP contribution in [0.3, 0.4) is 0 Å². The molecule has 0 radical (unpaired) electrons. The molecule has 1 aromatic carbocycles. The Morgan fingerprint density at radius 3 is 2.79 bits per heavy atom. The van der Waals surface area contributed by atoms with Crippen molar-refractivity contribution in [2.45, 2.75) is 19.5 Å². The Bertz CT molecular complexity index is 1210. The zero-order chi connectivity index (χ0) is 23.5. The van der Waals surface area contributed by atoms with Gasteiger partial charge in [-0.25, -0.2) is 18.2 Å². The molecule has 10 heteroatoms. The van der Waals surface area contributed by atoms with Gasteiger partial charge in [0, 0.05) is 53.9 Å². The molecule has 4 rings (SSSR count). The maximum Gasteiger partial charge on any atom is 0.264 e. The largest absolute Gasteiger partial charge is 0.375 e.